The third-order valence-electron chi connectivity index (χ3n) is 4.66. The highest BCUT2D eigenvalue weighted by molar-refractivity contribution is 6.02. The molecule has 5 heteroatoms. The molecule has 22 heavy (non-hydrogen) atoms. The Balaban J connectivity index is 1.77. The van der Waals surface area contributed by atoms with Gasteiger partial charge in [0, 0.05) is 30.5 Å². The lowest BCUT2D eigenvalue weighted by atomic mass is 9.96. The van der Waals surface area contributed by atoms with Crippen molar-refractivity contribution in [2.45, 2.75) is 39.2 Å². The van der Waals surface area contributed by atoms with Crippen LogP contribution in [0.2, 0.25) is 0 Å². The number of piperidine rings is 1. The van der Waals surface area contributed by atoms with Gasteiger partial charge >= 0.3 is 5.97 Å². The topological polar surface area (TPSA) is 60.9 Å². The van der Waals surface area contributed by atoms with E-state index in [1.807, 2.05) is 30.9 Å². The number of carbonyl (C=O) groups is 2. The molecule has 1 aromatic carbocycles. The molecular weight excluding hydrogens is 280 g/mol. The van der Waals surface area contributed by atoms with Gasteiger partial charge in [0.25, 0.3) is 0 Å². The largest absolute Gasteiger partial charge is 0.481 e. The summed E-state index contributed by atoms with van der Waals surface area (Å²) in [5.74, 6) is -0.748. The van der Waals surface area contributed by atoms with Crippen LogP contribution in [-0.2, 0) is 16.0 Å². The second-order valence-electron chi connectivity index (χ2n) is 6.45. The maximum absolute atomic E-state index is 12.1. The molecule has 1 aromatic rings. The van der Waals surface area contributed by atoms with Gasteiger partial charge in [0.1, 0.15) is 0 Å². The summed E-state index contributed by atoms with van der Waals surface area (Å²) in [4.78, 5) is 27.2. The number of rotatable bonds is 3. The van der Waals surface area contributed by atoms with Gasteiger partial charge < -0.3 is 14.9 Å². The van der Waals surface area contributed by atoms with E-state index in [-0.39, 0.29) is 17.9 Å². The molecule has 2 heterocycles. The van der Waals surface area contributed by atoms with Crippen LogP contribution in [0.4, 0.5) is 11.4 Å². The van der Waals surface area contributed by atoms with Crippen molar-refractivity contribution in [3.63, 3.8) is 0 Å². The Hall–Kier alpha value is -2.04. The first-order chi connectivity index (χ1) is 10.5. The monoisotopic (exact) mass is 302 g/mol. The minimum absolute atomic E-state index is 0.159. The molecule has 2 aliphatic rings. The molecule has 0 spiro atoms. The van der Waals surface area contributed by atoms with E-state index in [1.165, 1.54) is 0 Å². The molecule has 0 saturated carbocycles. The first kappa shape index (κ1) is 14.9. The molecule has 0 atom stereocenters. The molecule has 2 aliphatic heterocycles. The lowest BCUT2D eigenvalue weighted by Crippen LogP contribution is -2.36. The van der Waals surface area contributed by atoms with Crippen molar-refractivity contribution in [2.75, 3.05) is 22.9 Å². The molecule has 1 fully saturated rings. The molecule has 0 radical (unpaired) electrons. The molecule has 5 nitrogen and oxygen atoms in total. The van der Waals surface area contributed by atoms with Gasteiger partial charge in [0.15, 0.2) is 0 Å². The standard InChI is InChI=1S/C17H22N2O3/c1-11(2)19-15-4-3-14(9-13(15)10-16(19)20)18-7-5-12(6-8-18)17(21)22/h3-4,9,11-12H,5-8,10H2,1-2H3,(H,21,22). The van der Waals surface area contributed by atoms with Crippen LogP contribution in [-0.4, -0.2) is 36.1 Å². The van der Waals surface area contributed by atoms with Crippen LogP contribution < -0.4 is 9.80 Å². The van der Waals surface area contributed by atoms with Gasteiger partial charge in [-0.25, -0.2) is 0 Å². The number of anilines is 2. The highest BCUT2D eigenvalue weighted by Gasteiger charge is 2.30. The Morgan fingerprint density at radius 1 is 1.27 bits per heavy atom. The van der Waals surface area contributed by atoms with E-state index >= 15 is 0 Å². The van der Waals surface area contributed by atoms with Crippen LogP contribution in [0.1, 0.15) is 32.3 Å². The highest BCUT2D eigenvalue weighted by Crippen LogP contribution is 2.34. The van der Waals surface area contributed by atoms with Crippen molar-refractivity contribution in [3.05, 3.63) is 23.8 Å². The Bertz CT molecular complexity index is 604. The number of carboxylic acids is 1. The van der Waals surface area contributed by atoms with E-state index in [9.17, 15) is 9.59 Å². The second kappa shape index (κ2) is 5.63. The number of benzene rings is 1. The Kier molecular flexibility index (Phi) is 3.81. The lowest BCUT2D eigenvalue weighted by Gasteiger charge is -2.32. The number of carbonyl (C=O) groups excluding carboxylic acids is 1. The van der Waals surface area contributed by atoms with Crippen LogP contribution >= 0.6 is 0 Å². The molecular formula is C17H22N2O3. The summed E-state index contributed by atoms with van der Waals surface area (Å²) in [6, 6.07) is 6.34. The zero-order valence-corrected chi connectivity index (χ0v) is 13.1. The van der Waals surface area contributed by atoms with Crippen molar-refractivity contribution in [2.24, 2.45) is 5.92 Å². The van der Waals surface area contributed by atoms with Crippen molar-refractivity contribution < 1.29 is 14.7 Å². The quantitative estimate of drug-likeness (QED) is 0.930. The molecule has 1 N–H and O–H groups in total. The summed E-state index contributed by atoms with van der Waals surface area (Å²) in [6.45, 7) is 5.57. The van der Waals surface area contributed by atoms with Gasteiger partial charge in [0.2, 0.25) is 5.91 Å². The fourth-order valence-electron chi connectivity index (χ4n) is 3.48. The molecule has 0 aromatic heterocycles. The van der Waals surface area contributed by atoms with E-state index in [4.69, 9.17) is 5.11 Å². The predicted octanol–water partition coefficient (Wildman–Crippen LogP) is 2.29. The van der Waals surface area contributed by atoms with E-state index < -0.39 is 5.97 Å². The van der Waals surface area contributed by atoms with Crippen molar-refractivity contribution >= 4 is 23.3 Å². The van der Waals surface area contributed by atoms with E-state index in [1.54, 1.807) is 0 Å². The van der Waals surface area contributed by atoms with Gasteiger partial charge in [-0.05, 0) is 50.5 Å². The number of aliphatic carboxylic acids is 1. The lowest BCUT2D eigenvalue weighted by molar-refractivity contribution is -0.142. The first-order valence-electron chi connectivity index (χ1n) is 7.90. The van der Waals surface area contributed by atoms with Gasteiger partial charge in [-0.2, -0.15) is 0 Å². The number of nitrogens with zero attached hydrogens (tertiary/aromatic N) is 2. The first-order valence-corrected chi connectivity index (χ1v) is 7.90. The summed E-state index contributed by atoms with van der Waals surface area (Å²) in [5.41, 5.74) is 3.20. The average molecular weight is 302 g/mol. The Morgan fingerprint density at radius 3 is 2.55 bits per heavy atom. The van der Waals surface area contributed by atoms with Crippen LogP contribution in [0.25, 0.3) is 0 Å². The number of carboxylic acid groups (broad SMARTS) is 1. The minimum atomic E-state index is -0.688. The maximum atomic E-state index is 12.1. The van der Waals surface area contributed by atoms with E-state index in [0.29, 0.717) is 19.3 Å². The maximum Gasteiger partial charge on any atom is 0.306 e. The molecule has 0 unspecified atom stereocenters. The number of fused-ring (bicyclic) bond motifs is 1. The van der Waals surface area contributed by atoms with Crippen LogP contribution in [0, 0.1) is 5.92 Å². The SMILES string of the molecule is CC(C)N1C(=O)Cc2cc(N3CCC(C(=O)O)CC3)ccc21. The number of amides is 1. The summed E-state index contributed by atoms with van der Waals surface area (Å²) < 4.78 is 0. The van der Waals surface area contributed by atoms with Gasteiger partial charge in [0.05, 0.1) is 12.3 Å². The zero-order valence-electron chi connectivity index (χ0n) is 13.1. The van der Waals surface area contributed by atoms with Crippen molar-refractivity contribution in [1.82, 2.24) is 0 Å². The van der Waals surface area contributed by atoms with Gasteiger partial charge in [-0.1, -0.05) is 0 Å². The Morgan fingerprint density at radius 2 is 1.95 bits per heavy atom. The third kappa shape index (κ3) is 2.56. The molecule has 0 bridgehead atoms. The van der Waals surface area contributed by atoms with Crippen LogP contribution in [0.15, 0.2) is 18.2 Å². The average Bonchev–Trinajstić information content (AvgIpc) is 2.82. The van der Waals surface area contributed by atoms with E-state index in [2.05, 4.69) is 11.0 Å². The zero-order chi connectivity index (χ0) is 15.9. The van der Waals surface area contributed by atoms with E-state index in [0.717, 1.165) is 30.0 Å². The van der Waals surface area contributed by atoms with Crippen LogP contribution in [0.5, 0.6) is 0 Å². The minimum Gasteiger partial charge on any atom is -0.481 e. The summed E-state index contributed by atoms with van der Waals surface area (Å²) >= 11 is 0. The number of hydrogen-bond donors (Lipinski definition) is 1. The third-order valence-corrected chi connectivity index (χ3v) is 4.66. The van der Waals surface area contributed by atoms with Crippen molar-refractivity contribution in [3.8, 4) is 0 Å². The molecule has 1 amide bonds. The molecule has 118 valence electrons. The van der Waals surface area contributed by atoms with Gasteiger partial charge in [-0.3, -0.25) is 9.59 Å². The molecule has 1 saturated heterocycles. The normalized spacial score (nSPS) is 19.0. The van der Waals surface area contributed by atoms with Crippen molar-refractivity contribution in [1.29, 1.82) is 0 Å². The predicted molar refractivity (Wildman–Crippen MR) is 85.3 cm³/mol. The smallest absolute Gasteiger partial charge is 0.306 e. The second-order valence-corrected chi connectivity index (χ2v) is 6.45. The van der Waals surface area contributed by atoms with Gasteiger partial charge in [-0.15, -0.1) is 0 Å². The molecule has 0 aliphatic carbocycles. The van der Waals surface area contributed by atoms with Crippen LogP contribution in [0.3, 0.4) is 0 Å². The highest BCUT2D eigenvalue weighted by atomic mass is 16.4. The number of hydrogen-bond acceptors (Lipinski definition) is 3. The summed E-state index contributed by atoms with van der Waals surface area (Å²) in [6.07, 6.45) is 1.83. The fraction of sp³-hybridized carbons (Fsp3) is 0.529. The fourth-order valence-corrected chi connectivity index (χ4v) is 3.48. The summed E-state index contributed by atoms with van der Waals surface area (Å²) in [5, 5.41) is 9.07. The summed E-state index contributed by atoms with van der Waals surface area (Å²) in [7, 11) is 0. The Labute approximate surface area is 130 Å². The molecule has 3 rings (SSSR count).